The number of aromatic nitrogens is 2. The van der Waals surface area contributed by atoms with Crippen molar-refractivity contribution in [3.8, 4) is 0 Å². The second-order valence-corrected chi connectivity index (χ2v) is 8.57. The molecule has 0 aliphatic carbocycles. The quantitative estimate of drug-likeness (QED) is 0.582. The molecule has 1 aromatic carbocycles. The van der Waals surface area contributed by atoms with Crippen LogP contribution in [-0.4, -0.2) is 29.0 Å². The van der Waals surface area contributed by atoms with E-state index in [9.17, 15) is 18.0 Å². The van der Waals surface area contributed by atoms with Gasteiger partial charge in [0, 0.05) is 25.2 Å². The topological polar surface area (TPSA) is 97.3 Å². The van der Waals surface area contributed by atoms with Crippen molar-refractivity contribution in [2.24, 2.45) is 5.92 Å². The summed E-state index contributed by atoms with van der Waals surface area (Å²) in [5.41, 5.74) is 7.00. The smallest absolute Gasteiger partial charge is 0.424 e. The number of fused-ring (bicyclic) bond motifs is 1. The van der Waals surface area contributed by atoms with Crippen molar-refractivity contribution in [3.05, 3.63) is 47.2 Å². The van der Waals surface area contributed by atoms with E-state index in [1.54, 1.807) is 25.1 Å². The fraction of sp³-hybridized carbons (Fsp3) is 0.435. The van der Waals surface area contributed by atoms with Crippen LogP contribution in [0.1, 0.15) is 49.4 Å². The maximum atomic E-state index is 13.3. The van der Waals surface area contributed by atoms with Crippen LogP contribution >= 0.6 is 0 Å². The second-order valence-electron chi connectivity index (χ2n) is 8.57. The molecule has 10 heteroatoms. The molecule has 1 saturated heterocycles. The molecule has 3 N–H and O–H groups in total. The largest absolute Gasteiger partial charge is 0.433 e. The van der Waals surface area contributed by atoms with Crippen LogP contribution in [-0.2, 0) is 17.5 Å². The number of alkyl halides is 3. The average Bonchev–Trinajstić information content (AvgIpc) is 3.16. The summed E-state index contributed by atoms with van der Waals surface area (Å²) < 4.78 is 45.1. The Kier molecular flexibility index (Phi) is 6.18. The number of halogens is 3. The second kappa shape index (κ2) is 8.92. The number of nitrogens with one attached hydrogen (secondary N) is 1. The maximum Gasteiger partial charge on any atom is 0.433 e. The van der Waals surface area contributed by atoms with E-state index in [-0.39, 0.29) is 24.3 Å². The van der Waals surface area contributed by atoms with E-state index >= 15 is 0 Å². The number of carbonyl (C=O) groups is 1. The Bertz CT molecular complexity index is 1150. The minimum Gasteiger partial charge on any atom is -0.424 e. The molecule has 1 atom stereocenters. The highest BCUT2D eigenvalue weighted by Gasteiger charge is 2.34. The van der Waals surface area contributed by atoms with Gasteiger partial charge in [-0.3, -0.25) is 4.79 Å². The summed E-state index contributed by atoms with van der Waals surface area (Å²) in [5.74, 6) is 0.0376. The first-order chi connectivity index (χ1) is 15.6. The summed E-state index contributed by atoms with van der Waals surface area (Å²) in [5, 5.41) is 2.84. The van der Waals surface area contributed by atoms with E-state index in [0.717, 1.165) is 24.5 Å². The number of carbonyl (C=O) groups excluding carboxylic acids is 1. The van der Waals surface area contributed by atoms with Crippen LogP contribution in [0.4, 0.5) is 25.0 Å². The van der Waals surface area contributed by atoms with Gasteiger partial charge < -0.3 is 20.4 Å². The van der Waals surface area contributed by atoms with Gasteiger partial charge >= 0.3 is 6.18 Å². The maximum absolute atomic E-state index is 13.3. The van der Waals surface area contributed by atoms with Crippen LogP contribution < -0.4 is 16.0 Å². The molecular formula is C23H26F3N5O2. The number of benzene rings is 1. The Labute approximate surface area is 189 Å². The standard InChI is InChI=1S/C23H26F3N5O2/c1-13-7-9-31(10-8-13)20-16(4-6-19(30-20)23(24,25)26)12-28-21(32)14(2)15-3-5-18-17(11-15)29-22(27)33-18/h3-6,11,13-14H,7-10,12H2,1-2H3,(H2,27,29)(H,28,32). The van der Waals surface area contributed by atoms with Crippen LogP contribution in [0.15, 0.2) is 34.7 Å². The Hall–Kier alpha value is -3.30. The molecule has 3 aromatic rings. The number of amides is 1. The van der Waals surface area contributed by atoms with Crippen LogP contribution in [0, 0.1) is 5.92 Å². The molecule has 0 saturated carbocycles. The van der Waals surface area contributed by atoms with Gasteiger partial charge in [0.1, 0.15) is 17.0 Å². The molecule has 1 amide bonds. The zero-order chi connectivity index (χ0) is 23.8. The first kappa shape index (κ1) is 22.9. The van der Waals surface area contributed by atoms with Gasteiger partial charge in [0.15, 0.2) is 5.58 Å². The van der Waals surface area contributed by atoms with Crippen molar-refractivity contribution in [2.75, 3.05) is 23.7 Å². The molecule has 0 spiro atoms. The Morgan fingerprint density at radius 2 is 1.97 bits per heavy atom. The first-order valence-corrected chi connectivity index (χ1v) is 10.9. The van der Waals surface area contributed by atoms with Crippen LogP contribution in [0.3, 0.4) is 0 Å². The molecule has 3 heterocycles. The van der Waals surface area contributed by atoms with E-state index in [4.69, 9.17) is 10.2 Å². The van der Waals surface area contributed by atoms with Gasteiger partial charge in [0.2, 0.25) is 5.91 Å². The SMILES string of the molecule is CC1CCN(c2nc(C(F)(F)F)ccc2CNC(=O)C(C)c2ccc3oc(N)nc3c2)CC1. The molecule has 7 nitrogen and oxygen atoms in total. The minimum atomic E-state index is -4.53. The third-order valence-corrected chi connectivity index (χ3v) is 6.10. The lowest BCUT2D eigenvalue weighted by Crippen LogP contribution is -2.35. The third kappa shape index (κ3) is 5.04. The summed E-state index contributed by atoms with van der Waals surface area (Å²) in [6.07, 6.45) is -2.76. The number of nitrogen functional groups attached to an aromatic ring is 1. The number of hydrogen-bond acceptors (Lipinski definition) is 6. The van der Waals surface area contributed by atoms with Crippen molar-refractivity contribution >= 4 is 28.8 Å². The summed E-state index contributed by atoms with van der Waals surface area (Å²) in [6.45, 7) is 5.22. The molecular weight excluding hydrogens is 435 g/mol. The lowest BCUT2D eigenvalue weighted by molar-refractivity contribution is -0.141. The molecule has 2 aromatic heterocycles. The van der Waals surface area contributed by atoms with Gasteiger partial charge in [-0.25, -0.2) is 4.98 Å². The molecule has 1 aliphatic rings. The molecule has 0 bridgehead atoms. The number of anilines is 2. The predicted octanol–water partition coefficient (Wildman–Crippen LogP) is 4.48. The van der Waals surface area contributed by atoms with Gasteiger partial charge in [0.25, 0.3) is 6.01 Å². The number of oxazole rings is 1. The number of nitrogens with zero attached hydrogens (tertiary/aromatic N) is 3. The van der Waals surface area contributed by atoms with Crippen LogP contribution in [0.5, 0.6) is 0 Å². The lowest BCUT2D eigenvalue weighted by Gasteiger charge is -2.33. The zero-order valence-corrected chi connectivity index (χ0v) is 18.4. The Morgan fingerprint density at radius 3 is 2.67 bits per heavy atom. The number of rotatable bonds is 5. The Balaban J connectivity index is 1.51. The zero-order valence-electron chi connectivity index (χ0n) is 18.4. The molecule has 1 fully saturated rings. The van der Waals surface area contributed by atoms with E-state index in [0.29, 0.717) is 35.7 Å². The van der Waals surface area contributed by atoms with Crippen molar-refractivity contribution < 1.29 is 22.4 Å². The lowest BCUT2D eigenvalue weighted by atomic mass is 9.98. The molecule has 4 rings (SSSR count). The molecule has 0 radical (unpaired) electrons. The van der Waals surface area contributed by atoms with Crippen molar-refractivity contribution in [1.82, 2.24) is 15.3 Å². The van der Waals surface area contributed by atoms with Gasteiger partial charge in [0.05, 0.1) is 5.92 Å². The summed E-state index contributed by atoms with van der Waals surface area (Å²) in [7, 11) is 0. The average molecular weight is 461 g/mol. The van der Waals surface area contributed by atoms with E-state index in [2.05, 4.69) is 22.2 Å². The highest BCUT2D eigenvalue weighted by molar-refractivity contribution is 5.85. The molecule has 1 aliphatic heterocycles. The predicted molar refractivity (Wildman–Crippen MR) is 119 cm³/mol. The van der Waals surface area contributed by atoms with Gasteiger partial charge in [-0.2, -0.15) is 18.2 Å². The highest BCUT2D eigenvalue weighted by Crippen LogP contribution is 2.32. The van der Waals surface area contributed by atoms with Crippen LogP contribution in [0.2, 0.25) is 0 Å². The van der Waals surface area contributed by atoms with Crippen molar-refractivity contribution in [3.63, 3.8) is 0 Å². The van der Waals surface area contributed by atoms with E-state index < -0.39 is 17.8 Å². The van der Waals surface area contributed by atoms with Gasteiger partial charge in [-0.15, -0.1) is 0 Å². The highest BCUT2D eigenvalue weighted by atomic mass is 19.4. The summed E-state index contributed by atoms with van der Waals surface area (Å²) in [4.78, 5) is 22.7. The number of pyridine rings is 1. The Morgan fingerprint density at radius 1 is 1.24 bits per heavy atom. The summed E-state index contributed by atoms with van der Waals surface area (Å²) >= 11 is 0. The minimum absolute atomic E-state index is 0.0497. The fourth-order valence-electron chi connectivity index (χ4n) is 3.99. The van der Waals surface area contributed by atoms with Crippen molar-refractivity contribution in [1.29, 1.82) is 0 Å². The number of nitrogens with two attached hydrogens (primary N) is 1. The number of piperidine rings is 1. The molecule has 1 unspecified atom stereocenters. The number of hydrogen-bond donors (Lipinski definition) is 2. The molecule has 33 heavy (non-hydrogen) atoms. The summed E-state index contributed by atoms with van der Waals surface area (Å²) in [6, 6.07) is 7.61. The fourth-order valence-corrected chi connectivity index (χ4v) is 3.99. The van der Waals surface area contributed by atoms with E-state index in [1.807, 2.05) is 4.90 Å². The van der Waals surface area contributed by atoms with Gasteiger partial charge in [-0.1, -0.05) is 19.1 Å². The van der Waals surface area contributed by atoms with E-state index in [1.165, 1.54) is 6.07 Å². The third-order valence-electron chi connectivity index (χ3n) is 6.10. The monoisotopic (exact) mass is 461 g/mol. The normalized spacial score (nSPS) is 16.2. The van der Waals surface area contributed by atoms with Crippen molar-refractivity contribution in [2.45, 2.75) is 45.3 Å². The molecule has 176 valence electrons. The van der Waals surface area contributed by atoms with Gasteiger partial charge in [-0.05, 0) is 49.4 Å². The first-order valence-electron chi connectivity index (χ1n) is 10.9. The van der Waals surface area contributed by atoms with Crippen LogP contribution in [0.25, 0.3) is 11.1 Å².